The molecule has 1 aromatic heterocycles. The zero-order valence-corrected chi connectivity index (χ0v) is 8.70. The molecule has 1 N–H and O–H groups in total. The number of pyridine rings is 1. The van der Waals surface area contributed by atoms with Gasteiger partial charge in [0, 0.05) is 11.1 Å². The Kier molecular flexibility index (Phi) is 2.56. The van der Waals surface area contributed by atoms with E-state index in [1.54, 1.807) is 12.1 Å². The van der Waals surface area contributed by atoms with Gasteiger partial charge in [0.2, 0.25) is 0 Å². The highest BCUT2D eigenvalue weighted by Gasteiger charge is 2.09. The third-order valence-corrected chi connectivity index (χ3v) is 2.32. The maximum Gasteiger partial charge on any atom is 0.307 e. The Hall–Kier alpha value is -1.97. The summed E-state index contributed by atoms with van der Waals surface area (Å²) in [5, 5.41) is 9.36. The first-order valence-corrected chi connectivity index (χ1v) is 4.84. The molecule has 1 aromatic carbocycles. The maximum absolute atomic E-state index is 13.2. The summed E-state index contributed by atoms with van der Waals surface area (Å²) < 4.78 is 13.2. The van der Waals surface area contributed by atoms with Crippen molar-refractivity contribution in [2.45, 2.75) is 13.3 Å². The fourth-order valence-electron chi connectivity index (χ4n) is 1.66. The molecule has 3 nitrogen and oxygen atoms in total. The SMILES string of the molecule is Cc1ccc2cc(F)cc(CC(=O)O)c2n1. The van der Waals surface area contributed by atoms with Crippen LogP contribution in [0.2, 0.25) is 0 Å². The van der Waals surface area contributed by atoms with Gasteiger partial charge in [-0.25, -0.2) is 4.39 Å². The zero-order chi connectivity index (χ0) is 11.7. The van der Waals surface area contributed by atoms with Crippen LogP contribution in [0.1, 0.15) is 11.3 Å². The highest BCUT2D eigenvalue weighted by Crippen LogP contribution is 2.19. The summed E-state index contributed by atoms with van der Waals surface area (Å²) in [6.45, 7) is 1.81. The van der Waals surface area contributed by atoms with E-state index < -0.39 is 11.8 Å². The Labute approximate surface area is 91.5 Å². The number of hydrogen-bond acceptors (Lipinski definition) is 2. The van der Waals surface area contributed by atoms with Crippen molar-refractivity contribution in [3.63, 3.8) is 0 Å². The molecule has 0 spiro atoms. The largest absolute Gasteiger partial charge is 0.481 e. The minimum Gasteiger partial charge on any atom is -0.481 e. The minimum absolute atomic E-state index is 0.218. The number of hydrogen-bond donors (Lipinski definition) is 1. The van der Waals surface area contributed by atoms with Crippen molar-refractivity contribution in [2.24, 2.45) is 0 Å². The number of benzene rings is 1. The van der Waals surface area contributed by atoms with E-state index >= 15 is 0 Å². The standard InChI is InChI=1S/C12H10FNO2/c1-7-2-3-8-4-10(13)5-9(6-11(15)16)12(8)14-7/h2-5H,6H2,1H3,(H,15,16). The van der Waals surface area contributed by atoms with Crippen LogP contribution in [0.25, 0.3) is 10.9 Å². The Morgan fingerprint density at radius 1 is 1.44 bits per heavy atom. The molecule has 0 aliphatic heterocycles. The summed E-state index contributed by atoms with van der Waals surface area (Å²) in [5.74, 6) is -1.43. The van der Waals surface area contributed by atoms with Crippen LogP contribution in [0.15, 0.2) is 24.3 Å². The van der Waals surface area contributed by atoms with Crippen LogP contribution in [0.4, 0.5) is 4.39 Å². The van der Waals surface area contributed by atoms with Crippen molar-refractivity contribution in [2.75, 3.05) is 0 Å². The number of carboxylic acids is 1. The Balaban J connectivity index is 2.69. The second kappa shape index (κ2) is 3.89. The predicted octanol–water partition coefficient (Wildman–Crippen LogP) is 2.31. The monoisotopic (exact) mass is 219 g/mol. The number of carbonyl (C=O) groups is 1. The fraction of sp³-hybridized carbons (Fsp3) is 0.167. The number of nitrogens with zero attached hydrogens (tertiary/aromatic N) is 1. The van der Waals surface area contributed by atoms with E-state index in [0.29, 0.717) is 16.5 Å². The molecule has 4 heteroatoms. The number of carboxylic acid groups (broad SMARTS) is 1. The maximum atomic E-state index is 13.2. The average molecular weight is 219 g/mol. The number of rotatable bonds is 2. The molecule has 0 saturated heterocycles. The number of aryl methyl sites for hydroxylation is 1. The van der Waals surface area contributed by atoms with Crippen LogP contribution in [0.3, 0.4) is 0 Å². The number of halogens is 1. The number of aromatic nitrogens is 1. The van der Waals surface area contributed by atoms with Crippen LogP contribution < -0.4 is 0 Å². The van der Waals surface area contributed by atoms with Gasteiger partial charge in [-0.2, -0.15) is 0 Å². The van der Waals surface area contributed by atoms with E-state index in [2.05, 4.69) is 4.98 Å². The summed E-state index contributed by atoms with van der Waals surface area (Å²) in [6, 6.07) is 6.09. The molecule has 0 aliphatic rings. The van der Waals surface area contributed by atoms with Crippen molar-refractivity contribution < 1.29 is 14.3 Å². The Morgan fingerprint density at radius 3 is 2.88 bits per heavy atom. The predicted molar refractivity (Wildman–Crippen MR) is 57.8 cm³/mol. The molecule has 0 atom stereocenters. The van der Waals surface area contributed by atoms with E-state index in [4.69, 9.17) is 5.11 Å². The minimum atomic E-state index is -0.991. The van der Waals surface area contributed by atoms with Gasteiger partial charge < -0.3 is 5.11 Å². The lowest BCUT2D eigenvalue weighted by molar-refractivity contribution is -0.136. The molecule has 0 aliphatic carbocycles. The number of aliphatic carboxylic acids is 1. The summed E-state index contributed by atoms with van der Waals surface area (Å²) in [5.41, 5.74) is 1.75. The first-order chi connectivity index (χ1) is 7.56. The first kappa shape index (κ1) is 10.5. The Bertz CT molecular complexity index is 566. The van der Waals surface area contributed by atoms with Gasteiger partial charge in [0.05, 0.1) is 11.9 Å². The van der Waals surface area contributed by atoms with Crippen molar-refractivity contribution in [3.8, 4) is 0 Å². The van der Waals surface area contributed by atoms with Gasteiger partial charge in [0.15, 0.2) is 0 Å². The quantitative estimate of drug-likeness (QED) is 0.843. The van der Waals surface area contributed by atoms with Crippen molar-refractivity contribution in [1.82, 2.24) is 4.98 Å². The smallest absolute Gasteiger partial charge is 0.307 e. The third-order valence-electron chi connectivity index (χ3n) is 2.32. The molecular weight excluding hydrogens is 209 g/mol. The zero-order valence-electron chi connectivity index (χ0n) is 8.70. The van der Waals surface area contributed by atoms with Crippen molar-refractivity contribution in [3.05, 3.63) is 41.3 Å². The fourth-order valence-corrected chi connectivity index (χ4v) is 1.66. The number of fused-ring (bicyclic) bond motifs is 1. The molecule has 0 fully saturated rings. The molecule has 16 heavy (non-hydrogen) atoms. The normalized spacial score (nSPS) is 10.6. The lowest BCUT2D eigenvalue weighted by Crippen LogP contribution is -2.02. The summed E-state index contributed by atoms with van der Waals surface area (Å²) in [6.07, 6.45) is -0.218. The molecule has 0 radical (unpaired) electrons. The molecule has 0 bridgehead atoms. The van der Waals surface area contributed by atoms with Crippen LogP contribution in [-0.4, -0.2) is 16.1 Å². The highest BCUT2D eigenvalue weighted by atomic mass is 19.1. The molecule has 2 aromatic rings. The third kappa shape index (κ3) is 2.00. The second-order valence-electron chi connectivity index (χ2n) is 3.66. The van der Waals surface area contributed by atoms with Gasteiger partial charge in [-0.15, -0.1) is 0 Å². The Morgan fingerprint density at radius 2 is 2.19 bits per heavy atom. The van der Waals surface area contributed by atoms with Crippen LogP contribution >= 0.6 is 0 Å². The lowest BCUT2D eigenvalue weighted by Gasteiger charge is -2.05. The molecule has 0 saturated carbocycles. The van der Waals surface area contributed by atoms with Gasteiger partial charge in [-0.1, -0.05) is 6.07 Å². The summed E-state index contributed by atoms with van der Waals surface area (Å²) in [7, 11) is 0. The van der Waals surface area contributed by atoms with Crippen LogP contribution in [0, 0.1) is 12.7 Å². The van der Waals surface area contributed by atoms with E-state index in [1.165, 1.54) is 12.1 Å². The van der Waals surface area contributed by atoms with Gasteiger partial charge in [0.25, 0.3) is 0 Å². The average Bonchev–Trinajstić information content (AvgIpc) is 2.18. The molecule has 82 valence electrons. The van der Waals surface area contributed by atoms with Gasteiger partial charge >= 0.3 is 5.97 Å². The van der Waals surface area contributed by atoms with Crippen LogP contribution in [0.5, 0.6) is 0 Å². The molecule has 0 amide bonds. The van der Waals surface area contributed by atoms with E-state index in [9.17, 15) is 9.18 Å². The van der Waals surface area contributed by atoms with E-state index in [0.717, 1.165) is 5.69 Å². The van der Waals surface area contributed by atoms with Gasteiger partial charge in [-0.3, -0.25) is 9.78 Å². The topological polar surface area (TPSA) is 50.2 Å². The van der Waals surface area contributed by atoms with E-state index in [1.807, 2.05) is 6.92 Å². The second-order valence-corrected chi connectivity index (χ2v) is 3.66. The summed E-state index contributed by atoms with van der Waals surface area (Å²) in [4.78, 5) is 14.9. The van der Waals surface area contributed by atoms with Crippen molar-refractivity contribution >= 4 is 16.9 Å². The highest BCUT2D eigenvalue weighted by molar-refractivity contribution is 5.85. The summed E-state index contributed by atoms with van der Waals surface area (Å²) >= 11 is 0. The molecular formula is C12H10FNO2. The van der Waals surface area contributed by atoms with Crippen molar-refractivity contribution in [1.29, 1.82) is 0 Å². The van der Waals surface area contributed by atoms with Crippen LogP contribution in [-0.2, 0) is 11.2 Å². The van der Waals surface area contributed by atoms with Gasteiger partial charge in [-0.05, 0) is 30.7 Å². The first-order valence-electron chi connectivity index (χ1n) is 4.84. The van der Waals surface area contributed by atoms with Gasteiger partial charge in [0.1, 0.15) is 5.82 Å². The molecule has 2 rings (SSSR count). The lowest BCUT2D eigenvalue weighted by atomic mass is 10.1. The molecule has 1 heterocycles. The van der Waals surface area contributed by atoms with E-state index in [-0.39, 0.29) is 6.42 Å². The molecule has 0 unspecified atom stereocenters.